The van der Waals surface area contributed by atoms with E-state index in [2.05, 4.69) is 10.3 Å². The van der Waals surface area contributed by atoms with E-state index in [1.165, 1.54) is 25.3 Å². The smallest absolute Gasteiger partial charge is 0.416 e. The Labute approximate surface area is 192 Å². The number of oxazole rings is 1. The predicted octanol–water partition coefficient (Wildman–Crippen LogP) is 4.55. The van der Waals surface area contributed by atoms with Gasteiger partial charge in [0.25, 0.3) is 5.91 Å². The van der Waals surface area contributed by atoms with Gasteiger partial charge in [-0.15, -0.1) is 0 Å². The Balaban J connectivity index is 1.80. The summed E-state index contributed by atoms with van der Waals surface area (Å²) in [6.07, 6.45) is -3.37. The second kappa shape index (κ2) is 11.2. The highest BCUT2D eigenvalue weighted by Gasteiger charge is 2.30. The number of halogens is 5. The zero-order chi connectivity index (χ0) is 24.7. The fourth-order valence-electron chi connectivity index (χ4n) is 3.20. The highest BCUT2D eigenvalue weighted by Crippen LogP contribution is 2.30. The van der Waals surface area contributed by atoms with E-state index in [0.717, 1.165) is 30.5 Å². The number of ether oxygens (including phenoxy) is 1. The van der Waals surface area contributed by atoms with Crippen molar-refractivity contribution in [1.82, 2.24) is 15.2 Å². The molecule has 0 atom stereocenters. The molecule has 0 fully saturated rings. The van der Waals surface area contributed by atoms with Crippen molar-refractivity contribution in [3.63, 3.8) is 0 Å². The maximum atomic E-state index is 14.2. The maximum absolute atomic E-state index is 14.2. The molecule has 34 heavy (non-hydrogen) atoms. The van der Waals surface area contributed by atoms with Crippen LogP contribution in [0, 0.1) is 11.6 Å². The zero-order valence-electron chi connectivity index (χ0n) is 18.2. The number of alkyl halides is 3. The van der Waals surface area contributed by atoms with Gasteiger partial charge in [-0.3, -0.25) is 9.69 Å². The first kappa shape index (κ1) is 25.3. The molecule has 0 aliphatic rings. The number of methoxy groups -OCH3 is 1. The van der Waals surface area contributed by atoms with E-state index >= 15 is 0 Å². The fourth-order valence-corrected chi connectivity index (χ4v) is 3.20. The molecule has 0 aliphatic carbocycles. The van der Waals surface area contributed by atoms with Crippen LogP contribution in [0.5, 0.6) is 0 Å². The van der Waals surface area contributed by atoms with Gasteiger partial charge in [0.05, 0.1) is 18.7 Å². The number of benzene rings is 2. The second-order valence-electron chi connectivity index (χ2n) is 7.45. The third-order valence-electron chi connectivity index (χ3n) is 4.80. The number of hydrogen-bond donors (Lipinski definition) is 1. The molecular formula is C23H22F5N3O3. The van der Waals surface area contributed by atoms with Gasteiger partial charge in [0.2, 0.25) is 5.89 Å². The molecule has 182 valence electrons. The van der Waals surface area contributed by atoms with Crippen LogP contribution in [0.25, 0.3) is 0 Å². The van der Waals surface area contributed by atoms with Crippen molar-refractivity contribution in [2.75, 3.05) is 20.3 Å². The lowest BCUT2D eigenvalue weighted by molar-refractivity contribution is -0.137. The van der Waals surface area contributed by atoms with Crippen LogP contribution in [0.4, 0.5) is 22.0 Å². The summed E-state index contributed by atoms with van der Waals surface area (Å²) in [5, 5.41) is 2.59. The minimum Gasteiger partial charge on any atom is -0.447 e. The lowest BCUT2D eigenvalue weighted by atomic mass is 10.1. The summed E-state index contributed by atoms with van der Waals surface area (Å²) < 4.78 is 77.1. The summed E-state index contributed by atoms with van der Waals surface area (Å²) in [7, 11) is 1.49. The molecule has 3 aromatic rings. The number of amides is 1. The molecule has 1 amide bonds. The van der Waals surface area contributed by atoms with Crippen LogP contribution in [0.3, 0.4) is 0 Å². The molecule has 1 heterocycles. The average molecular weight is 483 g/mol. The minimum atomic E-state index is -4.52. The molecule has 6 nitrogen and oxygen atoms in total. The first-order chi connectivity index (χ1) is 16.2. The maximum Gasteiger partial charge on any atom is 0.416 e. The second-order valence-corrected chi connectivity index (χ2v) is 7.45. The number of hydrogen-bond acceptors (Lipinski definition) is 5. The molecule has 3 rings (SSSR count). The molecule has 0 bridgehead atoms. The zero-order valence-corrected chi connectivity index (χ0v) is 18.2. The number of nitrogens with zero attached hydrogens (tertiary/aromatic N) is 2. The Morgan fingerprint density at radius 1 is 1.12 bits per heavy atom. The van der Waals surface area contributed by atoms with Gasteiger partial charge in [-0.1, -0.05) is 24.3 Å². The van der Waals surface area contributed by atoms with E-state index in [9.17, 15) is 26.7 Å². The monoisotopic (exact) mass is 483 g/mol. The van der Waals surface area contributed by atoms with Crippen molar-refractivity contribution in [2.24, 2.45) is 0 Å². The van der Waals surface area contributed by atoms with Crippen LogP contribution in [0.15, 0.2) is 53.1 Å². The molecular weight excluding hydrogens is 461 g/mol. The Morgan fingerprint density at radius 3 is 2.62 bits per heavy atom. The SMILES string of the molecule is COCCNC(=O)c1coc(CN(Cc2cccc(C(F)(F)F)c2)Cc2ccc(F)cc2F)n1. The predicted molar refractivity (Wildman–Crippen MR) is 111 cm³/mol. The van der Waals surface area contributed by atoms with Gasteiger partial charge < -0.3 is 14.5 Å². The molecule has 1 N–H and O–H groups in total. The van der Waals surface area contributed by atoms with Crippen LogP contribution in [-0.4, -0.2) is 36.1 Å². The first-order valence-electron chi connectivity index (χ1n) is 10.2. The Morgan fingerprint density at radius 2 is 1.91 bits per heavy atom. The molecule has 0 saturated carbocycles. The Hall–Kier alpha value is -3.31. The van der Waals surface area contributed by atoms with Crippen molar-refractivity contribution >= 4 is 5.91 Å². The van der Waals surface area contributed by atoms with Crippen LogP contribution in [-0.2, 0) is 30.5 Å². The van der Waals surface area contributed by atoms with Gasteiger partial charge in [-0.25, -0.2) is 13.8 Å². The Bertz CT molecular complexity index is 1120. The molecule has 0 radical (unpaired) electrons. The van der Waals surface area contributed by atoms with Gasteiger partial charge in [-0.05, 0) is 17.7 Å². The van der Waals surface area contributed by atoms with Crippen LogP contribution >= 0.6 is 0 Å². The van der Waals surface area contributed by atoms with Gasteiger partial charge >= 0.3 is 6.18 Å². The largest absolute Gasteiger partial charge is 0.447 e. The van der Waals surface area contributed by atoms with Crippen molar-refractivity contribution in [2.45, 2.75) is 25.8 Å². The summed E-state index contributed by atoms with van der Waals surface area (Å²) in [4.78, 5) is 17.8. The third kappa shape index (κ3) is 7.09. The lowest BCUT2D eigenvalue weighted by Gasteiger charge is -2.22. The summed E-state index contributed by atoms with van der Waals surface area (Å²) in [6, 6.07) is 7.82. The topological polar surface area (TPSA) is 67.6 Å². The lowest BCUT2D eigenvalue weighted by Crippen LogP contribution is -2.27. The van der Waals surface area contributed by atoms with E-state index in [1.807, 2.05) is 0 Å². The number of carbonyl (C=O) groups is 1. The number of aromatic nitrogens is 1. The van der Waals surface area contributed by atoms with Crippen LogP contribution in [0.1, 0.15) is 33.1 Å². The number of carbonyl (C=O) groups excluding carboxylic acids is 1. The van der Waals surface area contributed by atoms with Crippen LogP contribution in [0.2, 0.25) is 0 Å². The third-order valence-corrected chi connectivity index (χ3v) is 4.80. The fraction of sp³-hybridized carbons (Fsp3) is 0.304. The van der Waals surface area contributed by atoms with Gasteiger partial charge in [-0.2, -0.15) is 13.2 Å². The minimum absolute atomic E-state index is 0.0121. The van der Waals surface area contributed by atoms with Crippen molar-refractivity contribution in [3.8, 4) is 0 Å². The van der Waals surface area contributed by atoms with Crippen molar-refractivity contribution < 1.29 is 35.9 Å². The summed E-state index contributed by atoms with van der Waals surface area (Å²) in [5.41, 5.74) is -0.346. The normalized spacial score (nSPS) is 11.7. The van der Waals surface area contributed by atoms with E-state index in [-0.39, 0.29) is 43.3 Å². The van der Waals surface area contributed by atoms with Gasteiger partial charge in [0.1, 0.15) is 17.9 Å². The average Bonchev–Trinajstić information content (AvgIpc) is 3.24. The summed E-state index contributed by atoms with van der Waals surface area (Å²) in [5.74, 6) is -1.92. The molecule has 1 aromatic heterocycles. The van der Waals surface area contributed by atoms with E-state index in [1.54, 1.807) is 4.90 Å². The van der Waals surface area contributed by atoms with Crippen molar-refractivity contribution in [1.29, 1.82) is 0 Å². The van der Waals surface area contributed by atoms with Gasteiger partial charge in [0.15, 0.2) is 5.69 Å². The van der Waals surface area contributed by atoms with E-state index in [4.69, 9.17) is 9.15 Å². The number of rotatable bonds is 10. The summed E-state index contributed by atoms with van der Waals surface area (Å²) in [6.45, 7) is 0.449. The highest BCUT2D eigenvalue weighted by molar-refractivity contribution is 5.91. The van der Waals surface area contributed by atoms with E-state index in [0.29, 0.717) is 12.2 Å². The van der Waals surface area contributed by atoms with Crippen molar-refractivity contribution in [3.05, 3.63) is 88.6 Å². The highest BCUT2D eigenvalue weighted by atomic mass is 19.4. The van der Waals surface area contributed by atoms with E-state index < -0.39 is 29.3 Å². The standard InChI is InChI=1S/C23H22F5N3O3/c1-33-8-7-29-22(32)20-14-34-21(30-20)13-31(12-16-5-6-18(24)10-19(16)25)11-15-3-2-4-17(9-15)23(26,27)28/h2-6,9-10,14H,7-8,11-13H2,1H3,(H,29,32). The molecule has 0 saturated heterocycles. The number of nitrogens with one attached hydrogen (secondary N) is 1. The molecule has 0 aliphatic heterocycles. The Kier molecular flexibility index (Phi) is 8.35. The quantitative estimate of drug-likeness (QED) is 0.339. The molecule has 11 heteroatoms. The van der Waals surface area contributed by atoms with Crippen LogP contribution < -0.4 is 5.32 Å². The molecule has 0 spiro atoms. The van der Waals surface area contributed by atoms with Gasteiger partial charge in [0, 0.05) is 38.4 Å². The first-order valence-corrected chi connectivity index (χ1v) is 10.2. The summed E-state index contributed by atoms with van der Waals surface area (Å²) >= 11 is 0. The molecule has 2 aromatic carbocycles. The molecule has 0 unspecified atom stereocenters.